The van der Waals surface area contributed by atoms with Crippen molar-refractivity contribution in [1.29, 1.82) is 0 Å². The molecule has 2 amide bonds. The average molecular weight is 611 g/mol. The number of hydrazone groups is 1. The first-order valence-electron chi connectivity index (χ1n) is 13.8. The number of ether oxygens (including phenoxy) is 2. The van der Waals surface area contributed by atoms with Crippen LogP contribution in [0.2, 0.25) is 5.02 Å². The number of carbonyl (C=O) groups excluding carboxylic acids is 2. The molecule has 5 rings (SSSR count). The lowest BCUT2D eigenvalue weighted by Crippen LogP contribution is -2.20. The molecule has 9 nitrogen and oxygen atoms in total. The van der Waals surface area contributed by atoms with Crippen LogP contribution in [0.4, 0.5) is 5.69 Å². The number of rotatable bonds is 11. The highest BCUT2D eigenvalue weighted by Gasteiger charge is 2.12. The van der Waals surface area contributed by atoms with Gasteiger partial charge in [-0.3, -0.25) is 9.59 Å². The van der Waals surface area contributed by atoms with Crippen molar-refractivity contribution in [3.8, 4) is 17.2 Å². The van der Waals surface area contributed by atoms with Crippen molar-refractivity contribution in [2.45, 2.75) is 27.4 Å². The van der Waals surface area contributed by atoms with Gasteiger partial charge in [-0.15, -0.1) is 0 Å². The van der Waals surface area contributed by atoms with E-state index in [2.05, 4.69) is 46.4 Å². The van der Waals surface area contributed by atoms with Crippen molar-refractivity contribution in [2.24, 2.45) is 5.10 Å². The number of furan rings is 1. The van der Waals surface area contributed by atoms with Gasteiger partial charge >= 0.3 is 5.91 Å². The van der Waals surface area contributed by atoms with E-state index in [1.54, 1.807) is 30.3 Å². The molecule has 2 aromatic heterocycles. The Balaban J connectivity index is 1.08. The van der Waals surface area contributed by atoms with Crippen molar-refractivity contribution in [3.63, 3.8) is 0 Å². The zero-order chi connectivity index (χ0) is 31.1. The number of hydrogen-bond acceptors (Lipinski definition) is 6. The molecule has 0 atom stereocenters. The Morgan fingerprint density at radius 2 is 1.66 bits per heavy atom. The number of aryl methyl sites for hydroxylation is 3. The summed E-state index contributed by atoms with van der Waals surface area (Å²) >= 11 is 6.32. The lowest BCUT2D eigenvalue weighted by atomic mass is 10.2. The molecule has 3 aromatic carbocycles. The standard InChI is InChI=1S/C34H31ClN4O5/c1-22-6-4-5-7-30(22)37-33(40)21-43-31-16-10-25(18-29(31)35)19-36-38-34(41)32-17-15-28(44-32)20-42-27-13-11-26(12-14-27)39-23(2)8-9-24(39)3/h4-19H,20-21H2,1-3H3,(H,37,40)(H,38,41)/b36-19+. The number of nitrogens with one attached hydrogen (secondary N) is 2. The molecule has 0 aliphatic carbocycles. The van der Waals surface area contributed by atoms with E-state index in [1.165, 1.54) is 6.21 Å². The Morgan fingerprint density at radius 3 is 2.39 bits per heavy atom. The number of anilines is 1. The van der Waals surface area contributed by atoms with Crippen LogP contribution in [0.3, 0.4) is 0 Å². The topological polar surface area (TPSA) is 107 Å². The van der Waals surface area contributed by atoms with E-state index >= 15 is 0 Å². The summed E-state index contributed by atoms with van der Waals surface area (Å²) in [7, 11) is 0. The van der Waals surface area contributed by atoms with E-state index in [4.69, 9.17) is 25.5 Å². The van der Waals surface area contributed by atoms with Crippen LogP contribution in [-0.2, 0) is 11.4 Å². The maximum absolute atomic E-state index is 12.5. The van der Waals surface area contributed by atoms with Gasteiger partial charge in [0, 0.05) is 22.8 Å². The monoisotopic (exact) mass is 610 g/mol. The lowest BCUT2D eigenvalue weighted by molar-refractivity contribution is -0.118. The van der Waals surface area contributed by atoms with E-state index < -0.39 is 5.91 Å². The summed E-state index contributed by atoms with van der Waals surface area (Å²) in [5.41, 5.74) is 8.10. The molecule has 5 aromatic rings. The Labute approximate surface area is 260 Å². The zero-order valence-electron chi connectivity index (χ0n) is 24.5. The number of carbonyl (C=O) groups is 2. The van der Waals surface area contributed by atoms with Gasteiger partial charge in [-0.05, 0) is 105 Å². The highest BCUT2D eigenvalue weighted by Crippen LogP contribution is 2.25. The summed E-state index contributed by atoms with van der Waals surface area (Å²) in [6.07, 6.45) is 1.44. The van der Waals surface area contributed by atoms with Crippen LogP contribution in [0.5, 0.6) is 11.5 Å². The van der Waals surface area contributed by atoms with Crippen LogP contribution in [0, 0.1) is 20.8 Å². The molecule has 2 N–H and O–H groups in total. The highest BCUT2D eigenvalue weighted by molar-refractivity contribution is 6.32. The molecule has 0 bridgehead atoms. The van der Waals surface area contributed by atoms with Crippen LogP contribution >= 0.6 is 11.6 Å². The SMILES string of the molecule is Cc1ccccc1NC(=O)COc1ccc(/C=N/NC(=O)c2ccc(COc3ccc(-n4c(C)ccc4C)cc3)o2)cc1Cl. The number of amides is 2. The van der Waals surface area contributed by atoms with Gasteiger partial charge in [0.2, 0.25) is 0 Å². The molecule has 0 radical (unpaired) electrons. The van der Waals surface area contributed by atoms with Gasteiger partial charge in [-0.1, -0.05) is 29.8 Å². The molecule has 0 fully saturated rings. The molecular weight excluding hydrogens is 580 g/mol. The largest absolute Gasteiger partial charge is 0.486 e. The van der Waals surface area contributed by atoms with E-state index in [9.17, 15) is 9.59 Å². The molecular formula is C34H31ClN4O5. The number of benzene rings is 3. The maximum atomic E-state index is 12.5. The van der Waals surface area contributed by atoms with Gasteiger partial charge in [0.25, 0.3) is 5.91 Å². The fourth-order valence-corrected chi connectivity index (χ4v) is 4.72. The van der Waals surface area contributed by atoms with Gasteiger partial charge in [-0.25, -0.2) is 5.43 Å². The van der Waals surface area contributed by atoms with Gasteiger partial charge in [0.15, 0.2) is 12.4 Å². The third-order valence-electron chi connectivity index (χ3n) is 6.75. The predicted octanol–water partition coefficient (Wildman–Crippen LogP) is 7.01. The molecule has 0 saturated heterocycles. The van der Waals surface area contributed by atoms with Gasteiger partial charge in [0.05, 0.1) is 11.2 Å². The average Bonchev–Trinajstić information content (AvgIpc) is 3.63. The summed E-state index contributed by atoms with van der Waals surface area (Å²) in [6.45, 7) is 6.00. The summed E-state index contributed by atoms with van der Waals surface area (Å²) in [6, 6.07) is 27.6. The molecule has 10 heteroatoms. The van der Waals surface area contributed by atoms with Gasteiger partial charge < -0.3 is 23.8 Å². The molecule has 2 heterocycles. The molecule has 0 aliphatic rings. The van der Waals surface area contributed by atoms with Crippen LogP contribution in [0.15, 0.2) is 101 Å². The van der Waals surface area contributed by atoms with Crippen molar-refractivity contribution in [1.82, 2.24) is 9.99 Å². The number of aromatic nitrogens is 1. The summed E-state index contributed by atoms with van der Waals surface area (Å²) < 4.78 is 19.2. The van der Waals surface area contributed by atoms with Crippen molar-refractivity contribution in [3.05, 3.63) is 130 Å². The number of nitrogens with zero attached hydrogens (tertiary/aromatic N) is 2. The van der Waals surface area contributed by atoms with Crippen LogP contribution in [0.25, 0.3) is 5.69 Å². The second-order valence-electron chi connectivity index (χ2n) is 10.0. The number of halogens is 1. The third kappa shape index (κ3) is 7.56. The molecule has 0 aliphatic heterocycles. The summed E-state index contributed by atoms with van der Waals surface area (Å²) in [5, 5.41) is 7.08. The predicted molar refractivity (Wildman–Crippen MR) is 170 cm³/mol. The second-order valence-corrected chi connectivity index (χ2v) is 10.4. The van der Waals surface area contributed by atoms with Crippen molar-refractivity contribution in [2.75, 3.05) is 11.9 Å². The first-order chi connectivity index (χ1) is 21.3. The number of hydrogen-bond donors (Lipinski definition) is 2. The Kier molecular flexibility index (Phi) is 9.46. The van der Waals surface area contributed by atoms with Gasteiger partial charge in [0.1, 0.15) is 23.9 Å². The first kappa shape index (κ1) is 30.2. The van der Waals surface area contributed by atoms with E-state index in [0.717, 1.165) is 28.3 Å². The first-order valence-corrected chi connectivity index (χ1v) is 14.2. The lowest BCUT2D eigenvalue weighted by Gasteiger charge is -2.10. The molecule has 0 spiro atoms. The zero-order valence-corrected chi connectivity index (χ0v) is 25.2. The fourth-order valence-electron chi connectivity index (χ4n) is 4.48. The maximum Gasteiger partial charge on any atom is 0.307 e. The highest BCUT2D eigenvalue weighted by atomic mass is 35.5. The summed E-state index contributed by atoms with van der Waals surface area (Å²) in [4.78, 5) is 24.8. The van der Waals surface area contributed by atoms with Crippen molar-refractivity contribution >= 4 is 35.3 Å². The van der Waals surface area contributed by atoms with E-state index in [0.29, 0.717) is 27.8 Å². The van der Waals surface area contributed by atoms with Crippen molar-refractivity contribution < 1.29 is 23.5 Å². The third-order valence-corrected chi connectivity index (χ3v) is 7.04. The molecule has 44 heavy (non-hydrogen) atoms. The normalized spacial score (nSPS) is 11.0. The quantitative estimate of drug-likeness (QED) is 0.124. The molecule has 224 valence electrons. The van der Waals surface area contributed by atoms with E-state index in [-0.39, 0.29) is 24.9 Å². The Bertz CT molecular complexity index is 1790. The van der Waals surface area contributed by atoms with Crippen LogP contribution in [-0.4, -0.2) is 29.2 Å². The molecule has 0 saturated carbocycles. The van der Waals surface area contributed by atoms with E-state index in [1.807, 2.05) is 55.5 Å². The summed E-state index contributed by atoms with van der Waals surface area (Å²) in [5.74, 6) is 0.809. The van der Waals surface area contributed by atoms with Crippen LogP contribution in [0.1, 0.15) is 38.8 Å². The minimum atomic E-state index is -0.514. The number of para-hydroxylation sites is 1. The minimum Gasteiger partial charge on any atom is -0.486 e. The Hall–Kier alpha value is -5.28. The fraction of sp³-hybridized carbons (Fsp3) is 0.147. The second kappa shape index (κ2) is 13.8. The smallest absolute Gasteiger partial charge is 0.307 e. The Morgan fingerprint density at radius 1 is 0.909 bits per heavy atom. The molecule has 0 unspecified atom stereocenters. The minimum absolute atomic E-state index is 0.0976. The van der Waals surface area contributed by atoms with Crippen LogP contribution < -0.4 is 20.2 Å². The van der Waals surface area contributed by atoms with Gasteiger partial charge in [-0.2, -0.15) is 5.10 Å².